The van der Waals surface area contributed by atoms with Gasteiger partial charge in [0, 0.05) is 13.1 Å². The molecule has 2 rings (SSSR count). The zero-order valence-corrected chi connectivity index (χ0v) is 11.4. The van der Waals surface area contributed by atoms with Crippen LogP contribution in [0.3, 0.4) is 0 Å². The average Bonchev–Trinajstić information content (AvgIpc) is 2.64. The van der Waals surface area contributed by atoms with Crippen molar-refractivity contribution < 1.29 is 23.1 Å². The van der Waals surface area contributed by atoms with Crippen LogP contribution in [0, 0.1) is 0 Å². The van der Waals surface area contributed by atoms with Crippen molar-refractivity contribution in [1.29, 1.82) is 0 Å². The van der Waals surface area contributed by atoms with Crippen LogP contribution in [0.5, 0.6) is 0 Å². The highest BCUT2D eigenvalue weighted by Gasteiger charge is 2.29. The van der Waals surface area contributed by atoms with Gasteiger partial charge in [-0.3, -0.25) is 0 Å². The van der Waals surface area contributed by atoms with Crippen LogP contribution in [-0.4, -0.2) is 29.2 Å². The second kappa shape index (κ2) is 6.20. The number of hydrogen-bond acceptors (Lipinski definition) is 1. The Balaban J connectivity index is 2.07. The highest BCUT2D eigenvalue weighted by molar-refractivity contribution is 5.65. The normalized spacial score (nSPS) is 18.6. The highest BCUT2D eigenvalue weighted by atomic mass is 19.4. The Kier molecular flexibility index (Phi) is 4.55. The lowest BCUT2D eigenvalue weighted by molar-refractivity contribution is -0.137. The van der Waals surface area contributed by atoms with Gasteiger partial charge in [-0.05, 0) is 37.0 Å². The number of amides is 1. The third kappa shape index (κ3) is 4.24. The van der Waals surface area contributed by atoms with Crippen LogP contribution in [0.1, 0.15) is 30.4 Å². The lowest BCUT2D eigenvalue weighted by Gasteiger charge is -2.14. The fourth-order valence-corrected chi connectivity index (χ4v) is 2.35. The summed E-state index contributed by atoms with van der Waals surface area (Å²) in [6, 6.07) is 5.00. The molecule has 114 valence electrons. The Morgan fingerprint density at radius 3 is 2.38 bits per heavy atom. The van der Waals surface area contributed by atoms with Crippen molar-refractivity contribution >= 4 is 12.2 Å². The Bertz CT molecular complexity index is 535. The second-order valence-corrected chi connectivity index (χ2v) is 5.05. The van der Waals surface area contributed by atoms with E-state index in [2.05, 4.69) is 0 Å². The molecule has 0 atom stereocenters. The van der Waals surface area contributed by atoms with Crippen LogP contribution >= 0.6 is 0 Å². The first-order valence-electron chi connectivity index (χ1n) is 6.71. The highest BCUT2D eigenvalue weighted by Crippen LogP contribution is 2.29. The molecular weight excluding hydrogens is 283 g/mol. The van der Waals surface area contributed by atoms with E-state index in [1.165, 1.54) is 17.0 Å². The van der Waals surface area contributed by atoms with Crippen molar-refractivity contribution in [3.05, 3.63) is 41.0 Å². The van der Waals surface area contributed by atoms with Gasteiger partial charge in [0.05, 0.1) is 5.56 Å². The van der Waals surface area contributed by atoms with Crippen LogP contribution in [0.15, 0.2) is 29.8 Å². The maximum Gasteiger partial charge on any atom is 0.416 e. The lowest BCUT2D eigenvalue weighted by Crippen LogP contribution is -2.30. The smallest absolute Gasteiger partial charge is 0.416 e. The molecule has 1 aliphatic rings. The van der Waals surface area contributed by atoms with E-state index in [1.54, 1.807) is 0 Å². The van der Waals surface area contributed by atoms with E-state index in [-0.39, 0.29) is 0 Å². The van der Waals surface area contributed by atoms with E-state index in [9.17, 15) is 18.0 Å². The van der Waals surface area contributed by atoms with Crippen molar-refractivity contribution in [3.63, 3.8) is 0 Å². The molecule has 1 amide bonds. The van der Waals surface area contributed by atoms with Gasteiger partial charge in [0.25, 0.3) is 0 Å². The van der Waals surface area contributed by atoms with Gasteiger partial charge in [0.1, 0.15) is 0 Å². The fraction of sp³-hybridized carbons (Fsp3) is 0.400. The van der Waals surface area contributed by atoms with E-state index >= 15 is 0 Å². The quantitative estimate of drug-likeness (QED) is 0.842. The van der Waals surface area contributed by atoms with Crippen molar-refractivity contribution in [2.45, 2.75) is 25.4 Å². The molecule has 1 aromatic rings. The van der Waals surface area contributed by atoms with E-state index in [4.69, 9.17) is 5.11 Å². The molecule has 0 radical (unpaired) electrons. The molecule has 3 nitrogen and oxygen atoms in total. The van der Waals surface area contributed by atoms with Gasteiger partial charge in [0.2, 0.25) is 0 Å². The van der Waals surface area contributed by atoms with Crippen molar-refractivity contribution in [3.8, 4) is 0 Å². The van der Waals surface area contributed by atoms with E-state index < -0.39 is 17.8 Å². The molecular formula is C15H16F3NO2. The van der Waals surface area contributed by atoms with Gasteiger partial charge in [-0.2, -0.15) is 13.2 Å². The molecule has 1 saturated heterocycles. The summed E-state index contributed by atoms with van der Waals surface area (Å²) in [5.41, 5.74) is 1.11. The molecule has 0 spiro atoms. The molecule has 0 aliphatic carbocycles. The van der Waals surface area contributed by atoms with Crippen LogP contribution in [-0.2, 0) is 6.18 Å². The van der Waals surface area contributed by atoms with Crippen molar-refractivity contribution in [1.82, 2.24) is 4.90 Å². The van der Waals surface area contributed by atoms with Crippen LogP contribution in [0.2, 0.25) is 0 Å². The summed E-state index contributed by atoms with van der Waals surface area (Å²) in [6.07, 6.45) is -1.27. The molecule has 1 aromatic carbocycles. The SMILES string of the molecule is O=C(O)N1CCC/C(=C\c2ccc(C(F)(F)F)cc2)CC1. The van der Waals surface area contributed by atoms with Gasteiger partial charge in [-0.15, -0.1) is 0 Å². The monoisotopic (exact) mass is 299 g/mol. The number of likely N-dealkylation sites (tertiary alicyclic amines) is 1. The molecule has 0 saturated carbocycles. The summed E-state index contributed by atoms with van der Waals surface area (Å²) >= 11 is 0. The minimum atomic E-state index is -4.32. The molecule has 1 fully saturated rings. The summed E-state index contributed by atoms with van der Waals surface area (Å²) < 4.78 is 37.4. The third-order valence-corrected chi connectivity index (χ3v) is 3.51. The molecule has 1 aliphatic heterocycles. The summed E-state index contributed by atoms with van der Waals surface area (Å²) in [7, 11) is 0. The lowest BCUT2D eigenvalue weighted by atomic mass is 10.0. The maximum absolute atomic E-state index is 12.5. The summed E-state index contributed by atoms with van der Waals surface area (Å²) in [5, 5.41) is 8.95. The van der Waals surface area contributed by atoms with Gasteiger partial charge in [-0.25, -0.2) is 4.79 Å². The molecule has 1 N–H and O–H groups in total. The number of alkyl halides is 3. The van der Waals surface area contributed by atoms with Gasteiger partial charge >= 0.3 is 12.3 Å². The van der Waals surface area contributed by atoms with E-state index in [0.717, 1.165) is 30.5 Å². The standard InChI is InChI=1S/C15H16F3NO2/c16-15(17,18)13-5-3-12(4-6-13)10-11-2-1-8-19(9-7-11)14(20)21/h3-6,10H,1-2,7-9H2,(H,20,21)/b11-10+. The maximum atomic E-state index is 12.5. The predicted octanol–water partition coefficient (Wildman–Crippen LogP) is 4.25. The zero-order valence-electron chi connectivity index (χ0n) is 11.4. The average molecular weight is 299 g/mol. The largest absolute Gasteiger partial charge is 0.465 e. The fourth-order valence-electron chi connectivity index (χ4n) is 2.35. The molecule has 0 unspecified atom stereocenters. The van der Waals surface area contributed by atoms with Gasteiger partial charge in [0.15, 0.2) is 0 Å². The van der Waals surface area contributed by atoms with Crippen LogP contribution in [0.4, 0.5) is 18.0 Å². The summed E-state index contributed by atoms with van der Waals surface area (Å²) in [6.45, 7) is 0.932. The second-order valence-electron chi connectivity index (χ2n) is 5.05. The minimum absolute atomic E-state index is 0.432. The molecule has 0 aromatic heterocycles. The van der Waals surface area contributed by atoms with Crippen molar-refractivity contribution in [2.24, 2.45) is 0 Å². The number of nitrogens with zero attached hydrogens (tertiary/aromatic N) is 1. The van der Waals surface area contributed by atoms with Crippen LogP contribution < -0.4 is 0 Å². The molecule has 6 heteroatoms. The number of carbonyl (C=O) groups is 1. The first-order chi connectivity index (χ1) is 9.86. The van der Waals surface area contributed by atoms with E-state index in [1.807, 2.05) is 6.08 Å². The third-order valence-electron chi connectivity index (χ3n) is 3.51. The first kappa shape index (κ1) is 15.4. The van der Waals surface area contributed by atoms with Gasteiger partial charge < -0.3 is 10.0 Å². The molecule has 0 bridgehead atoms. The van der Waals surface area contributed by atoms with Crippen LogP contribution in [0.25, 0.3) is 6.08 Å². The number of rotatable bonds is 1. The Hall–Kier alpha value is -1.98. The summed E-state index contributed by atoms with van der Waals surface area (Å²) in [5.74, 6) is 0. The number of carboxylic acid groups (broad SMARTS) is 1. The minimum Gasteiger partial charge on any atom is -0.465 e. The predicted molar refractivity (Wildman–Crippen MR) is 72.9 cm³/mol. The Morgan fingerprint density at radius 2 is 1.81 bits per heavy atom. The zero-order chi connectivity index (χ0) is 15.5. The number of hydrogen-bond donors (Lipinski definition) is 1. The van der Waals surface area contributed by atoms with Gasteiger partial charge in [-0.1, -0.05) is 23.8 Å². The van der Waals surface area contributed by atoms with Crippen molar-refractivity contribution in [2.75, 3.05) is 13.1 Å². The Morgan fingerprint density at radius 1 is 1.14 bits per heavy atom. The molecule has 21 heavy (non-hydrogen) atoms. The first-order valence-corrected chi connectivity index (χ1v) is 6.71. The molecule has 1 heterocycles. The summed E-state index contributed by atoms with van der Waals surface area (Å²) in [4.78, 5) is 12.3. The topological polar surface area (TPSA) is 40.5 Å². The van der Waals surface area contributed by atoms with E-state index in [0.29, 0.717) is 25.1 Å². The Labute approximate surface area is 120 Å². The number of halogens is 3. The number of benzene rings is 1.